The van der Waals surface area contributed by atoms with Crippen LogP contribution < -0.4 is 5.14 Å². The van der Waals surface area contributed by atoms with E-state index in [0.29, 0.717) is 6.20 Å². The molecule has 0 fully saturated rings. The van der Waals surface area contributed by atoms with Crippen molar-refractivity contribution in [2.75, 3.05) is 0 Å². The van der Waals surface area contributed by atoms with E-state index < -0.39 is 27.6 Å². The van der Waals surface area contributed by atoms with Gasteiger partial charge in [0.05, 0.1) is 22.5 Å². The molecule has 0 amide bonds. The number of benzene rings is 2. The zero-order valence-corrected chi connectivity index (χ0v) is 13.7. The Morgan fingerprint density at radius 3 is 2.04 bits per heavy atom. The quantitative estimate of drug-likeness (QED) is 0.703. The first-order valence-corrected chi connectivity index (χ1v) is 8.66. The number of nitrogens with two attached hydrogens (primary N) is 1. The maximum Gasteiger partial charge on any atom is 0.420 e. The standard InChI is InChI=1S/C16H11F4N3O2S/c17-11-3-1-10(2-4-11)15-14(16(18,19)20)9-22-23(15)12-5-7-13(8-6-12)26(21,24)25/h1-9H,(H2,21,24,25). The molecule has 3 rings (SSSR count). The average Bonchev–Trinajstić information content (AvgIpc) is 3.00. The molecule has 0 unspecified atom stereocenters. The Bertz CT molecular complexity index is 1040. The van der Waals surface area contributed by atoms with Crippen LogP contribution >= 0.6 is 0 Å². The van der Waals surface area contributed by atoms with Crippen molar-refractivity contribution >= 4 is 10.0 Å². The first-order valence-electron chi connectivity index (χ1n) is 7.12. The average molecular weight is 385 g/mol. The van der Waals surface area contributed by atoms with E-state index in [1.165, 1.54) is 24.3 Å². The van der Waals surface area contributed by atoms with Crippen LogP contribution in [0.5, 0.6) is 0 Å². The Balaban J connectivity index is 2.19. The van der Waals surface area contributed by atoms with Gasteiger partial charge in [0.1, 0.15) is 11.4 Å². The first kappa shape index (κ1) is 18.1. The second-order valence-corrected chi connectivity index (χ2v) is 6.92. The molecule has 3 aromatic rings. The number of rotatable bonds is 3. The number of aromatic nitrogens is 2. The van der Waals surface area contributed by atoms with Gasteiger partial charge in [0.25, 0.3) is 0 Å². The van der Waals surface area contributed by atoms with Crippen LogP contribution in [0.4, 0.5) is 17.6 Å². The van der Waals surface area contributed by atoms with Gasteiger partial charge in [-0.15, -0.1) is 0 Å². The smallest absolute Gasteiger partial charge is 0.232 e. The largest absolute Gasteiger partial charge is 0.420 e. The summed E-state index contributed by atoms with van der Waals surface area (Å²) in [7, 11) is -3.94. The third kappa shape index (κ3) is 3.46. The van der Waals surface area contributed by atoms with E-state index in [2.05, 4.69) is 5.10 Å². The number of sulfonamides is 1. The van der Waals surface area contributed by atoms with E-state index in [0.717, 1.165) is 28.9 Å². The monoisotopic (exact) mass is 385 g/mol. The lowest BCUT2D eigenvalue weighted by Gasteiger charge is -2.12. The summed E-state index contributed by atoms with van der Waals surface area (Å²) in [6, 6.07) is 9.36. The topological polar surface area (TPSA) is 78.0 Å². The fraction of sp³-hybridized carbons (Fsp3) is 0.0625. The van der Waals surface area contributed by atoms with Crippen LogP contribution in [0.3, 0.4) is 0 Å². The molecule has 136 valence electrons. The lowest BCUT2D eigenvalue weighted by molar-refractivity contribution is -0.137. The molecular weight excluding hydrogens is 374 g/mol. The van der Waals surface area contributed by atoms with Gasteiger partial charge in [-0.05, 0) is 48.5 Å². The molecule has 0 aliphatic carbocycles. The van der Waals surface area contributed by atoms with Crippen LogP contribution in [0.1, 0.15) is 5.56 Å². The number of hydrogen-bond donors (Lipinski definition) is 1. The van der Waals surface area contributed by atoms with E-state index in [9.17, 15) is 26.0 Å². The highest BCUT2D eigenvalue weighted by Gasteiger charge is 2.37. The lowest BCUT2D eigenvalue weighted by atomic mass is 10.1. The molecule has 0 saturated heterocycles. The fourth-order valence-corrected chi connectivity index (χ4v) is 2.93. The van der Waals surface area contributed by atoms with Crippen molar-refractivity contribution in [3.8, 4) is 16.9 Å². The van der Waals surface area contributed by atoms with Gasteiger partial charge in [-0.2, -0.15) is 18.3 Å². The van der Waals surface area contributed by atoms with E-state index in [-0.39, 0.29) is 21.8 Å². The predicted molar refractivity (Wildman–Crippen MR) is 85.3 cm³/mol. The van der Waals surface area contributed by atoms with Crippen molar-refractivity contribution in [1.29, 1.82) is 0 Å². The molecule has 1 heterocycles. The van der Waals surface area contributed by atoms with Crippen LogP contribution in [0.2, 0.25) is 0 Å². The molecule has 26 heavy (non-hydrogen) atoms. The summed E-state index contributed by atoms with van der Waals surface area (Å²) in [5, 5.41) is 8.77. The molecule has 0 saturated carbocycles. The van der Waals surface area contributed by atoms with E-state index in [4.69, 9.17) is 5.14 Å². The summed E-state index contributed by atoms with van der Waals surface area (Å²) in [6.45, 7) is 0. The normalized spacial score (nSPS) is 12.3. The Kier molecular flexibility index (Phi) is 4.32. The van der Waals surface area contributed by atoms with Crippen LogP contribution in [0.25, 0.3) is 16.9 Å². The zero-order chi connectivity index (χ0) is 19.1. The SMILES string of the molecule is NS(=O)(=O)c1ccc(-n2ncc(C(F)(F)F)c2-c2ccc(F)cc2)cc1. The number of primary sulfonamides is 1. The Hall–Kier alpha value is -2.72. The number of alkyl halides is 3. The Morgan fingerprint density at radius 1 is 0.962 bits per heavy atom. The van der Waals surface area contributed by atoms with Crippen molar-refractivity contribution in [2.24, 2.45) is 5.14 Å². The molecule has 0 bridgehead atoms. The van der Waals surface area contributed by atoms with Crippen molar-refractivity contribution in [3.05, 3.63) is 66.1 Å². The van der Waals surface area contributed by atoms with Crippen molar-refractivity contribution in [2.45, 2.75) is 11.1 Å². The summed E-state index contributed by atoms with van der Waals surface area (Å²) in [5.41, 5.74) is -1.00. The molecule has 0 spiro atoms. The van der Waals surface area contributed by atoms with Gasteiger partial charge in [-0.3, -0.25) is 0 Å². The van der Waals surface area contributed by atoms with Gasteiger partial charge in [0.2, 0.25) is 10.0 Å². The second kappa shape index (κ2) is 6.22. The van der Waals surface area contributed by atoms with Crippen molar-refractivity contribution in [3.63, 3.8) is 0 Å². The van der Waals surface area contributed by atoms with Gasteiger partial charge < -0.3 is 0 Å². The third-order valence-corrected chi connectivity index (χ3v) is 4.53. The van der Waals surface area contributed by atoms with E-state index >= 15 is 0 Å². The molecule has 0 radical (unpaired) electrons. The van der Waals surface area contributed by atoms with Gasteiger partial charge in [0.15, 0.2) is 0 Å². The molecule has 2 N–H and O–H groups in total. The molecule has 2 aromatic carbocycles. The molecule has 1 aromatic heterocycles. The van der Waals surface area contributed by atoms with Crippen LogP contribution in [0, 0.1) is 5.82 Å². The van der Waals surface area contributed by atoms with Crippen molar-refractivity contribution in [1.82, 2.24) is 9.78 Å². The molecule has 0 aliphatic heterocycles. The van der Waals surface area contributed by atoms with Crippen molar-refractivity contribution < 1.29 is 26.0 Å². The van der Waals surface area contributed by atoms with E-state index in [1.54, 1.807) is 0 Å². The minimum atomic E-state index is -4.68. The Labute approximate surface area is 145 Å². The summed E-state index contributed by atoms with van der Waals surface area (Å²) < 4.78 is 76.8. The van der Waals surface area contributed by atoms with Crippen LogP contribution in [0.15, 0.2) is 59.6 Å². The number of hydrogen-bond acceptors (Lipinski definition) is 3. The summed E-state index contributed by atoms with van der Waals surface area (Å²) >= 11 is 0. The summed E-state index contributed by atoms with van der Waals surface area (Å²) in [6.07, 6.45) is -4.02. The second-order valence-electron chi connectivity index (χ2n) is 5.36. The number of nitrogens with zero attached hydrogens (tertiary/aromatic N) is 2. The fourth-order valence-electron chi connectivity index (χ4n) is 2.41. The lowest BCUT2D eigenvalue weighted by Crippen LogP contribution is -2.12. The maximum absolute atomic E-state index is 13.3. The third-order valence-electron chi connectivity index (χ3n) is 3.60. The molecule has 10 heteroatoms. The molecule has 0 atom stereocenters. The minimum Gasteiger partial charge on any atom is -0.232 e. The maximum atomic E-state index is 13.3. The molecule has 5 nitrogen and oxygen atoms in total. The van der Waals surface area contributed by atoms with Gasteiger partial charge in [-0.1, -0.05) is 0 Å². The van der Waals surface area contributed by atoms with E-state index in [1.807, 2.05) is 0 Å². The summed E-state index contributed by atoms with van der Waals surface area (Å²) in [4.78, 5) is -0.187. The minimum absolute atomic E-state index is 0.103. The van der Waals surface area contributed by atoms with Gasteiger partial charge >= 0.3 is 6.18 Å². The van der Waals surface area contributed by atoms with Crippen LogP contribution in [-0.4, -0.2) is 18.2 Å². The highest BCUT2D eigenvalue weighted by atomic mass is 32.2. The molecular formula is C16H11F4N3O2S. The van der Waals surface area contributed by atoms with Gasteiger partial charge in [0, 0.05) is 5.56 Å². The molecule has 0 aliphatic rings. The highest BCUT2D eigenvalue weighted by molar-refractivity contribution is 7.89. The highest BCUT2D eigenvalue weighted by Crippen LogP contribution is 2.38. The predicted octanol–water partition coefficient (Wildman–Crippen LogP) is 3.34. The summed E-state index contributed by atoms with van der Waals surface area (Å²) in [5.74, 6) is -0.592. The Morgan fingerprint density at radius 2 is 1.54 bits per heavy atom. The van der Waals surface area contributed by atoms with Gasteiger partial charge in [-0.25, -0.2) is 22.6 Å². The van der Waals surface area contributed by atoms with Crippen LogP contribution in [-0.2, 0) is 16.2 Å². The number of halogens is 4. The first-order chi connectivity index (χ1) is 12.1. The zero-order valence-electron chi connectivity index (χ0n) is 12.9.